The van der Waals surface area contributed by atoms with Crippen LogP contribution < -0.4 is 16.1 Å². The largest absolute Gasteiger partial charge is 0.354 e. The third-order valence-electron chi connectivity index (χ3n) is 6.23. The SMILES string of the molecule is Cn1c(=O)[nH]cc(C(=O)N2CC3CN(c4ccc(-c5ccccc5)nn4)CC3C2)c1=O. The third kappa shape index (κ3) is 3.41. The number of amides is 1. The van der Waals surface area contributed by atoms with E-state index in [2.05, 4.69) is 20.1 Å². The summed E-state index contributed by atoms with van der Waals surface area (Å²) in [6.07, 6.45) is 1.22. The lowest BCUT2D eigenvalue weighted by Gasteiger charge is -2.22. The molecule has 0 spiro atoms. The van der Waals surface area contributed by atoms with Gasteiger partial charge in [0.05, 0.1) is 5.69 Å². The topological polar surface area (TPSA) is 104 Å². The fourth-order valence-corrected chi connectivity index (χ4v) is 4.49. The molecule has 0 aliphatic carbocycles. The molecule has 31 heavy (non-hydrogen) atoms. The molecule has 2 aliphatic heterocycles. The van der Waals surface area contributed by atoms with Gasteiger partial charge in [-0.05, 0) is 12.1 Å². The third-order valence-corrected chi connectivity index (χ3v) is 6.23. The van der Waals surface area contributed by atoms with Gasteiger partial charge in [0.2, 0.25) is 0 Å². The first-order valence-electron chi connectivity index (χ1n) is 10.2. The second-order valence-electron chi connectivity index (χ2n) is 8.15. The first-order chi connectivity index (χ1) is 15.0. The molecule has 0 radical (unpaired) electrons. The molecule has 2 fully saturated rings. The van der Waals surface area contributed by atoms with Crippen molar-refractivity contribution in [3.05, 3.63) is 75.1 Å². The van der Waals surface area contributed by atoms with Crippen LogP contribution in [0.3, 0.4) is 0 Å². The van der Waals surface area contributed by atoms with Gasteiger partial charge in [0, 0.05) is 56.8 Å². The van der Waals surface area contributed by atoms with E-state index in [1.165, 1.54) is 13.2 Å². The van der Waals surface area contributed by atoms with Gasteiger partial charge < -0.3 is 14.8 Å². The van der Waals surface area contributed by atoms with Crippen LogP contribution in [0.15, 0.2) is 58.3 Å². The molecule has 5 rings (SSSR count). The summed E-state index contributed by atoms with van der Waals surface area (Å²) in [5.74, 6) is 1.13. The highest BCUT2D eigenvalue weighted by molar-refractivity contribution is 5.93. The van der Waals surface area contributed by atoms with Crippen molar-refractivity contribution in [3.8, 4) is 11.3 Å². The number of aromatic nitrogens is 4. The molecule has 1 amide bonds. The smallest absolute Gasteiger partial charge is 0.328 e. The van der Waals surface area contributed by atoms with Gasteiger partial charge in [-0.2, -0.15) is 0 Å². The zero-order valence-corrected chi connectivity index (χ0v) is 17.1. The molecule has 2 aliphatic rings. The maximum atomic E-state index is 12.8. The second kappa shape index (κ2) is 7.50. The van der Waals surface area contributed by atoms with E-state index in [1.54, 1.807) is 4.90 Å². The number of likely N-dealkylation sites (tertiary alicyclic amines) is 1. The lowest BCUT2D eigenvalue weighted by atomic mass is 10.0. The normalized spacial score (nSPS) is 20.2. The van der Waals surface area contributed by atoms with Gasteiger partial charge in [-0.1, -0.05) is 30.3 Å². The lowest BCUT2D eigenvalue weighted by Crippen LogP contribution is -2.41. The fraction of sp³-hybridized carbons (Fsp3) is 0.318. The Hall–Kier alpha value is -3.75. The number of hydrogen-bond donors (Lipinski definition) is 1. The summed E-state index contributed by atoms with van der Waals surface area (Å²) in [5, 5.41) is 8.79. The molecule has 2 saturated heterocycles. The number of carbonyl (C=O) groups is 1. The van der Waals surface area contributed by atoms with Crippen molar-refractivity contribution >= 4 is 11.7 Å². The zero-order valence-electron chi connectivity index (χ0n) is 17.1. The molecular formula is C22H22N6O3. The van der Waals surface area contributed by atoms with Crippen molar-refractivity contribution in [1.82, 2.24) is 24.6 Å². The average molecular weight is 418 g/mol. The predicted octanol–water partition coefficient (Wildman–Crippen LogP) is 0.739. The highest BCUT2D eigenvalue weighted by Crippen LogP contribution is 2.33. The van der Waals surface area contributed by atoms with E-state index in [0.29, 0.717) is 24.9 Å². The Bertz CT molecular complexity index is 1220. The lowest BCUT2D eigenvalue weighted by molar-refractivity contribution is 0.0779. The number of carbonyl (C=O) groups excluding carboxylic acids is 1. The molecule has 4 heterocycles. The summed E-state index contributed by atoms with van der Waals surface area (Å²) >= 11 is 0. The van der Waals surface area contributed by atoms with E-state index in [0.717, 1.165) is 34.7 Å². The van der Waals surface area contributed by atoms with Crippen molar-refractivity contribution < 1.29 is 4.79 Å². The molecule has 9 nitrogen and oxygen atoms in total. The van der Waals surface area contributed by atoms with Crippen LogP contribution in [0.1, 0.15) is 10.4 Å². The minimum atomic E-state index is -0.568. The number of aromatic amines is 1. The number of anilines is 1. The van der Waals surface area contributed by atoms with Crippen LogP contribution >= 0.6 is 0 Å². The summed E-state index contributed by atoms with van der Waals surface area (Å²) in [6, 6.07) is 13.9. The number of rotatable bonds is 3. The fourth-order valence-electron chi connectivity index (χ4n) is 4.49. The van der Waals surface area contributed by atoms with E-state index in [4.69, 9.17) is 0 Å². The highest BCUT2D eigenvalue weighted by Gasteiger charge is 2.42. The Balaban J connectivity index is 1.26. The monoisotopic (exact) mass is 418 g/mol. The number of hydrogen-bond acceptors (Lipinski definition) is 6. The first-order valence-corrected chi connectivity index (χ1v) is 10.2. The maximum Gasteiger partial charge on any atom is 0.328 e. The minimum Gasteiger partial charge on any atom is -0.354 e. The van der Waals surface area contributed by atoms with E-state index < -0.39 is 11.2 Å². The Morgan fingerprint density at radius 2 is 1.68 bits per heavy atom. The van der Waals surface area contributed by atoms with Crippen molar-refractivity contribution in [3.63, 3.8) is 0 Å². The first kappa shape index (κ1) is 19.2. The summed E-state index contributed by atoms with van der Waals surface area (Å²) in [5.41, 5.74) is 0.766. The number of benzene rings is 1. The molecule has 0 saturated carbocycles. The Kier molecular flexibility index (Phi) is 4.65. The maximum absolute atomic E-state index is 12.8. The van der Waals surface area contributed by atoms with Crippen molar-refractivity contribution in [2.45, 2.75) is 0 Å². The van der Waals surface area contributed by atoms with E-state index in [-0.39, 0.29) is 11.5 Å². The molecular weight excluding hydrogens is 396 g/mol. The van der Waals surface area contributed by atoms with Crippen LogP contribution in [0.2, 0.25) is 0 Å². The van der Waals surface area contributed by atoms with Gasteiger partial charge >= 0.3 is 5.69 Å². The van der Waals surface area contributed by atoms with Crippen molar-refractivity contribution in [1.29, 1.82) is 0 Å². The van der Waals surface area contributed by atoms with Crippen LogP contribution in [0.25, 0.3) is 11.3 Å². The van der Waals surface area contributed by atoms with Crippen LogP contribution in [0.5, 0.6) is 0 Å². The number of fused-ring (bicyclic) bond motifs is 1. The molecule has 2 aromatic heterocycles. The Morgan fingerprint density at radius 1 is 0.968 bits per heavy atom. The van der Waals surface area contributed by atoms with Gasteiger partial charge in [0.15, 0.2) is 5.82 Å². The van der Waals surface area contributed by atoms with Gasteiger partial charge in [0.25, 0.3) is 11.5 Å². The minimum absolute atomic E-state index is 0.00120. The van der Waals surface area contributed by atoms with Crippen LogP contribution in [-0.2, 0) is 7.05 Å². The standard InChI is InChI=1S/C22H22N6O3/c1-26-20(29)17(9-23-22(26)31)21(30)28-12-15-10-27(11-16(15)13-28)19-8-7-18(24-25-19)14-5-3-2-4-6-14/h2-9,15-16H,10-13H2,1H3,(H,23,31). The van der Waals surface area contributed by atoms with Crippen molar-refractivity contribution in [2.75, 3.05) is 31.1 Å². The van der Waals surface area contributed by atoms with Crippen LogP contribution in [0, 0.1) is 11.8 Å². The highest BCUT2D eigenvalue weighted by atomic mass is 16.2. The molecule has 1 aromatic carbocycles. The van der Waals surface area contributed by atoms with E-state index in [9.17, 15) is 14.4 Å². The van der Waals surface area contributed by atoms with E-state index >= 15 is 0 Å². The molecule has 3 aromatic rings. The molecule has 1 N–H and O–H groups in total. The molecule has 2 atom stereocenters. The van der Waals surface area contributed by atoms with E-state index in [1.807, 2.05) is 42.5 Å². The summed E-state index contributed by atoms with van der Waals surface area (Å²) in [4.78, 5) is 43.0. The molecule has 2 unspecified atom stereocenters. The Morgan fingerprint density at radius 3 is 2.32 bits per heavy atom. The summed E-state index contributed by atoms with van der Waals surface area (Å²) < 4.78 is 0.920. The second-order valence-corrected chi connectivity index (χ2v) is 8.15. The van der Waals surface area contributed by atoms with Gasteiger partial charge in [-0.3, -0.25) is 14.2 Å². The number of H-pyrrole nitrogens is 1. The van der Waals surface area contributed by atoms with Crippen LogP contribution in [0.4, 0.5) is 5.82 Å². The van der Waals surface area contributed by atoms with Gasteiger partial charge in [0.1, 0.15) is 5.56 Å². The quantitative estimate of drug-likeness (QED) is 0.673. The van der Waals surface area contributed by atoms with Gasteiger partial charge in [-0.25, -0.2) is 4.79 Å². The molecule has 158 valence electrons. The molecule has 0 bridgehead atoms. The molecule has 9 heteroatoms. The predicted molar refractivity (Wildman–Crippen MR) is 115 cm³/mol. The van der Waals surface area contributed by atoms with Gasteiger partial charge in [-0.15, -0.1) is 10.2 Å². The summed E-state index contributed by atoms with van der Waals surface area (Å²) in [6.45, 7) is 2.74. The number of nitrogens with one attached hydrogen (secondary N) is 1. The van der Waals surface area contributed by atoms with Crippen molar-refractivity contribution in [2.24, 2.45) is 18.9 Å². The zero-order chi connectivity index (χ0) is 21.5. The summed E-state index contributed by atoms with van der Waals surface area (Å²) in [7, 11) is 1.36. The van der Waals surface area contributed by atoms with Crippen LogP contribution in [-0.4, -0.2) is 56.7 Å². The Labute approximate surface area is 178 Å². The number of nitrogens with zero attached hydrogens (tertiary/aromatic N) is 5. The average Bonchev–Trinajstić information content (AvgIpc) is 3.38.